The van der Waals surface area contributed by atoms with E-state index in [9.17, 15) is 14.4 Å². The van der Waals surface area contributed by atoms with E-state index in [-0.39, 0.29) is 37.6 Å². The van der Waals surface area contributed by atoms with Gasteiger partial charge in [-0.25, -0.2) is 4.79 Å². The van der Waals surface area contributed by atoms with Crippen LogP contribution >= 0.6 is 0 Å². The molecule has 8 heteroatoms. The van der Waals surface area contributed by atoms with Crippen LogP contribution in [0.25, 0.3) is 0 Å². The van der Waals surface area contributed by atoms with Crippen molar-refractivity contribution in [1.29, 1.82) is 0 Å². The predicted molar refractivity (Wildman–Crippen MR) is 78.0 cm³/mol. The van der Waals surface area contributed by atoms with Crippen molar-refractivity contribution in [2.75, 3.05) is 25.2 Å². The van der Waals surface area contributed by atoms with E-state index in [2.05, 4.69) is 10.6 Å². The fourth-order valence-corrected chi connectivity index (χ4v) is 3.24. The summed E-state index contributed by atoms with van der Waals surface area (Å²) >= 11 is 0. The lowest BCUT2D eigenvalue weighted by Gasteiger charge is -2.20. The van der Waals surface area contributed by atoms with Gasteiger partial charge in [0, 0.05) is 31.3 Å². The second-order valence-corrected chi connectivity index (χ2v) is 6.00. The number of urea groups is 1. The minimum absolute atomic E-state index is 0.152. The van der Waals surface area contributed by atoms with E-state index >= 15 is 0 Å². The molecule has 0 unspecified atom stereocenters. The number of hydrogen-bond donors (Lipinski definition) is 2. The SMILES string of the molecule is O=C1C[C@@]2(CCN(C(=O)Nc3ccc4c(c3)OCO4)C2)C(=O)N1. The third-order valence-electron chi connectivity index (χ3n) is 4.50. The fourth-order valence-electron chi connectivity index (χ4n) is 3.24. The monoisotopic (exact) mass is 317 g/mol. The van der Waals surface area contributed by atoms with E-state index in [1.54, 1.807) is 23.1 Å². The molecule has 120 valence electrons. The van der Waals surface area contributed by atoms with Crippen LogP contribution in [-0.2, 0) is 9.59 Å². The first-order valence-corrected chi connectivity index (χ1v) is 7.36. The molecule has 0 bridgehead atoms. The van der Waals surface area contributed by atoms with Crippen LogP contribution in [0.2, 0.25) is 0 Å². The van der Waals surface area contributed by atoms with Gasteiger partial charge in [0.05, 0.1) is 5.41 Å². The molecule has 3 heterocycles. The van der Waals surface area contributed by atoms with Gasteiger partial charge < -0.3 is 19.7 Å². The zero-order valence-corrected chi connectivity index (χ0v) is 12.3. The molecule has 3 aliphatic rings. The summed E-state index contributed by atoms with van der Waals surface area (Å²) in [5.74, 6) is 0.680. The fraction of sp³-hybridized carbons (Fsp3) is 0.400. The lowest BCUT2D eigenvalue weighted by atomic mass is 9.85. The van der Waals surface area contributed by atoms with Crippen molar-refractivity contribution in [2.45, 2.75) is 12.8 Å². The second-order valence-electron chi connectivity index (χ2n) is 6.00. The number of anilines is 1. The first-order chi connectivity index (χ1) is 11.1. The van der Waals surface area contributed by atoms with Crippen molar-refractivity contribution in [2.24, 2.45) is 5.41 Å². The van der Waals surface area contributed by atoms with Crippen LogP contribution < -0.4 is 20.1 Å². The van der Waals surface area contributed by atoms with Crippen molar-refractivity contribution < 1.29 is 23.9 Å². The number of likely N-dealkylation sites (tertiary alicyclic amines) is 1. The highest BCUT2D eigenvalue weighted by Crippen LogP contribution is 2.38. The van der Waals surface area contributed by atoms with Crippen LogP contribution in [0.1, 0.15) is 12.8 Å². The van der Waals surface area contributed by atoms with Gasteiger partial charge in [0.1, 0.15) is 0 Å². The van der Waals surface area contributed by atoms with Crippen molar-refractivity contribution in [3.05, 3.63) is 18.2 Å². The van der Waals surface area contributed by atoms with Crippen LogP contribution in [0.3, 0.4) is 0 Å². The van der Waals surface area contributed by atoms with Gasteiger partial charge in [-0.3, -0.25) is 14.9 Å². The zero-order chi connectivity index (χ0) is 16.0. The molecule has 8 nitrogen and oxygen atoms in total. The van der Waals surface area contributed by atoms with Crippen molar-refractivity contribution in [1.82, 2.24) is 10.2 Å². The lowest BCUT2D eigenvalue weighted by Crippen LogP contribution is -2.38. The van der Waals surface area contributed by atoms with Gasteiger partial charge in [0.25, 0.3) is 0 Å². The average Bonchev–Trinajstić information content (AvgIpc) is 3.19. The number of imide groups is 1. The number of rotatable bonds is 1. The average molecular weight is 317 g/mol. The van der Waals surface area contributed by atoms with Crippen molar-refractivity contribution >= 4 is 23.5 Å². The number of carbonyl (C=O) groups is 3. The van der Waals surface area contributed by atoms with E-state index in [1.807, 2.05) is 0 Å². The Balaban J connectivity index is 1.44. The molecule has 3 aliphatic heterocycles. The van der Waals surface area contributed by atoms with E-state index in [1.165, 1.54) is 0 Å². The van der Waals surface area contributed by atoms with Crippen LogP contribution in [0.5, 0.6) is 11.5 Å². The summed E-state index contributed by atoms with van der Waals surface area (Å²) in [6.45, 7) is 0.864. The van der Waals surface area contributed by atoms with Crippen LogP contribution in [0.15, 0.2) is 18.2 Å². The number of hydrogen-bond acceptors (Lipinski definition) is 5. The minimum atomic E-state index is -0.761. The smallest absolute Gasteiger partial charge is 0.321 e. The molecule has 2 saturated heterocycles. The number of benzene rings is 1. The minimum Gasteiger partial charge on any atom is -0.454 e. The normalized spacial score (nSPS) is 25.1. The predicted octanol–water partition coefficient (Wildman–Crippen LogP) is 0.686. The van der Waals surface area contributed by atoms with Gasteiger partial charge in [-0.15, -0.1) is 0 Å². The van der Waals surface area contributed by atoms with Crippen LogP contribution in [-0.4, -0.2) is 42.6 Å². The molecule has 4 amide bonds. The van der Waals surface area contributed by atoms with E-state index in [0.29, 0.717) is 30.2 Å². The highest BCUT2D eigenvalue weighted by molar-refractivity contribution is 6.06. The zero-order valence-electron chi connectivity index (χ0n) is 12.3. The van der Waals surface area contributed by atoms with Gasteiger partial charge in [0.15, 0.2) is 11.5 Å². The summed E-state index contributed by atoms with van der Waals surface area (Å²) in [7, 11) is 0. The van der Waals surface area contributed by atoms with Crippen molar-refractivity contribution in [3.63, 3.8) is 0 Å². The van der Waals surface area contributed by atoms with Gasteiger partial charge in [0.2, 0.25) is 18.6 Å². The molecule has 2 fully saturated rings. The summed E-state index contributed by atoms with van der Waals surface area (Å²) < 4.78 is 10.5. The number of amides is 4. The lowest BCUT2D eigenvalue weighted by molar-refractivity contribution is -0.128. The third-order valence-corrected chi connectivity index (χ3v) is 4.50. The molecule has 2 N–H and O–H groups in total. The number of carbonyl (C=O) groups excluding carboxylic acids is 3. The van der Waals surface area contributed by atoms with Gasteiger partial charge in [-0.05, 0) is 18.6 Å². The molecule has 23 heavy (non-hydrogen) atoms. The molecule has 0 saturated carbocycles. The third kappa shape index (κ3) is 2.26. The standard InChI is InChI=1S/C15H15N3O5/c19-12-6-15(13(20)17-12)3-4-18(7-15)14(21)16-9-1-2-10-11(5-9)23-8-22-10/h1-2,5H,3-4,6-8H2,(H,16,21)(H,17,19,20)/t15-/m1/s1. The summed E-state index contributed by atoms with van der Waals surface area (Å²) in [5, 5.41) is 5.10. The van der Waals surface area contributed by atoms with Gasteiger partial charge in [-0.1, -0.05) is 0 Å². The highest BCUT2D eigenvalue weighted by Gasteiger charge is 2.51. The Morgan fingerprint density at radius 3 is 2.87 bits per heavy atom. The Morgan fingerprint density at radius 1 is 1.26 bits per heavy atom. The second kappa shape index (κ2) is 4.87. The van der Waals surface area contributed by atoms with Gasteiger partial charge >= 0.3 is 6.03 Å². The molecule has 1 aromatic rings. The molecule has 1 aromatic carbocycles. The molecular formula is C15H15N3O5. The molecule has 1 atom stereocenters. The highest BCUT2D eigenvalue weighted by atomic mass is 16.7. The maximum absolute atomic E-state index is 12.4. The first kappa shape index (κ1) is 13.9. The van der Waals surface area contributed by atoms with E-state index in [0.717, 1.165) is 0 Å². The Kier molecular flexibility index (Phi) is 2.93. The first-order valence-electron chi connectivity index (χ1n) is 7.36. The largest absolute Gasteiger partial charge is 0.454 e. The number of nitrogens with one attached hydrogen (secondary N) is 2. The summed E-state index contributed by atoms with van der Waals surface area (Å²) in [4.78, 5) is 37.3. The molecule has 0 aromatic heterocycles. The summed E-state index contributed by atoms with van der Waals surface area (Å²) in [6.07, 6.45) is 0.652. The number of ether oxygens (including phenoxy) is 2. The number of nitrogens with zero attached hydrogens (tertiary/aromatic N) is 1. The van der Waals surface area contributed by atoms with Gasteiger partial charge in [-0.2, -0.15) is 0 Å². The quantitative estimate of drug-likeness (QED) is 0.743. The van der Waals surface area contributed by atoms with E-state index in [4.69, 9.17) is 9.47 Å². The Bertz CT molecular complexity index is 719. The topological polar surface area (TPSA) is 97.0 Å². The van der Waals surface area contributed by atoms with Crippen LogP contribution in [0, 0.1) is 5.41 Å². The maximum atomic E-state index is 12.4. The molecule has 4 rings (SSSR count). The van der Waals surface area contributed by atoms with E-state index < -0.39 is 5.41 Å². The number of fused-ring (bicyclic) bond motifs is 1. The molecular weight excluding hydrogens is 302 g/mol. The summed E-state index contributed by atoms with van der Waals surface area (Å²) in [5.41, 5.74) is -0.171. The van der Waals surface area contributed by atoms with Crippen LogP contribution in [0.4, 0.5) is 10.5 Å². The molecule has 0 radical (unpaired) electrons. The Hall–Kier alpha value is -2.77. The maximum Gasteiger partial charge on any atom is 0.321 e. The summed E-state index contributed by atoms with van der Waals surface area (Å²) in [6, 6.07) is 4.85. The molecule has 0 aliphatic carbocycles. The Labute approximate surface area is 131 Å². The molecule has 1 spiro atoms. The Morgan fingerprint density at radius 2 is 2.09 bits per heavy atom. The van der Waals surface area contributed by atoms with Crippen molar-refractivity contribution in [3.8, 4) is 11.5 Å².